The van der Waals surface area contributed by atoms with E-state index in [9.17, 15) is 34.6 Å². The van der Waals surface area contributed by atoms with E-state index in [0.29, 0.717) is 31.4 Å². The number of nitrogens with one attached hydrogen (secondary N) is 1. The van der Waals surface area contributed by atoms with Crippen LogP contribution in [-0.2, 0) is 35.1 Å². The van der Waals surface area contributed by atoms with Crippen molar-refractivity contribution in [3.05, 3.63) is 39.9 Å². The molecule has 1 aliphatic rings. The number of amides is 4. The summed E-state index contributed by atoms with van der Waals surface area (Å²) in [5.74, 6) is -1.84. The molecule has 4 amide bonds. The molecule has 1 heterocycles. The molecule has 0 aliphatic carbocycles. The number of methoxy groups -OCH3 is 2. The Labute approximate surface area is 340 Å². The van der Waals surface area contributed by atoms with Crippen molar-refractivity contribution in [2.24, 2.45) is 23.7 Å². The molecule has 0 bridgehead atoms. The lowest BCUT2D eigenvalue weighted by Gasteiger charge is -2.41. The molecule has 0 unspecified atom stereocenters. The lowest BCUT2D eigenvalue weighted by Crippen LogP contribution is -2.59. The normalized spacial score (nSPS) is 18.6. The summed E-state index contributed by atoms with van der Waals surface area (Å²) in [6.45, 7) is 14.0. The van der Waals surface area contributed by atoms with Gasteiger partial charge in [-0.05, 0) is 56.7 Å². The number of benzene rings is 1. The topological polar surface area (TPSA) is 179 Å². The van der Waals surface area contributed by atoms with Gasteiger partial charge in [0, 0.05) is 53.0 Å². The molecule has 1 aliphatic heterocycles. The Morgan fingerprint density at radius 2 is 1.65 bits per heavy atom. The van der Waals surface area contributed by atoms with Crippen molar-refractivity contribution in [2.75, 3.05) is 49.0 Å². The largest absolute Gasteiger partial charge is 0.379 e. The van der Waals surface area contributed by atoms with E-state index >= 15 is 0 Å². The van der Waals surface area contributed by atoms with Gasteiger partial charge in [-0.3, -0.25) is 34.2 Å². The Bertz CT molecular complexity index is 1540. The summed E-state index contributed by atoms with van der Waals surface area (Å²) in [5.41, 5.74) is 0.570. The number of ether oxygens (including phenoxy) is 2. The second kappa shape index (κ2) is 22.7. The van der Waals surface area contributed by atoms with Crippen LogP contribution in [0.15, 0.2) is 24.3 Å². The first-order valence-electron chi connectivity index (χ1n) is 20.2. The number of nitrogens with zero attached hydrogens (tertiary/aromatic N) is 6. The highest BCUT2D eigenvalue weighted by molar-refractivity contribution is 5.90. The zero-order valence-corrected chi connectivity index (χ0v) is 36.6. The minimum Gasteiger partial charge on any atom is -0.379 e. The van der Waals surface area contributed by atoms with E-state index in [1.54, 1.807) is 50.1 Å². The van der Waals surface area contributed by atoms with Gasteiger partial charge in [0.2, 0.25) is 23.6 Å². The summed E-state index contributed by atoms with van der Waals surface area (Å²) in [6.07, 6.45) is 0.979. The van der Waals surface area contributed by atoms with Crippen LogP contribution in [0.4, 0.5) is 5.69 Å². The van der Waals surface area contributed by atoms with Gasteiger partial charge in [-0.25, -0.2) is 0 Å². The monoisotopic (exact) mass is 800 g/mol. The van der Waals surface area contributed by atoms with E-state index in [-0.39, 0.29) is 66.3 Å². The third-order valence-corrected chi connectivity index (χ3v) is 11.7. The van der Waals surface area contributed by atoms with Crippen molar-refractivity contribution in [1.29, 1.82) is 5.26 Å². The smallest absolute Gasteiger partial charge is 0.269 e. The molecule has 57 heavy (non-hydrogen) atoms. The Morgan fingerprint density at radius 1 is 1.00 bits per heavy atom. The van der Waals surface area contributed by atoms with Gasteiger partial charge < -0.3 is 29.5 Å². The highest BCUT2D eigenvalue weighted by atomic mass is 16.6. The second-order valence-corrected chi connectivity index (χ2v) is 16.6. The maximum Gasteiger partial charge on any atom is 0.269 e. The molecule has 15 heteroatoms. The van der Waals surface area contributed by atoms with Gasteiger partial charge in [0.15, 0.2) is 0 Å². The third-order valence-electron chi connectivity index (χ3n) is 11.7. The van der Waals surface area contributed by atoms with Crippen LogP contribution in [0, 0.1) is 45.1 Å². The fourth-order valence-corrected chi connectivity index (χ4v) is 8.42. The number of carbonyl (C=O) groups is 4. The summed E-state index contributed by atoms with van der Waals surface area (Å²) >= 11 is 0. The lowest BCUT2D eigenvalue weighted by atomic mass is 9.89. The van der Waals surface area contributed by atoms with Crippen molar-refractivity contribution in [2.45, 2.75) is 129 Å². The minimum atomic E-state index is -0.787. The van der Waals surface area contributed by atoms with Gasteiger partial charge >= 0.3 is 0 Å². The summed E-state index contributed by atoms with van der Waals surface area (Å²) in [5, 5.41) is 24.0. The number of nitro benzene ring substituents is 1. The number of carbonyl (C=O) groups excluding carboxylic acids is 4. The number of rotatable bonds is 22. The number of nitriles is 1. The predicted octanol–water partition coefficient (Wildman–Crippen LogP) is 4.53. The van der Waals surface area contributed by atoms with Crippen LogP contribution in [-0.4, -0.2) is 140 Å². The minimum absolute atomic E-state index is 0.0134. The summed E-state index contributed by atoms with van der Waals surface area (Å²) in [6, 6.07) is 5.67. The first-order valence-corrected chi connectivity index (χ1v) is 20.2. The Hall–Kier alpha value is -4.13. The second-order valence-electron chi connectivity index (χ2n) is 16.6. The van der Waals surface area contributed by atoms with Crippen LogP contribution in [0.2, 0.25) is 0 Å². The quantitative estimate of drug-likeness (QED) is 0.130. The van der Waals surface area contributed by atoms with Crippen molar-refractivity contribution in [3.8, 4) is 6.07 Å². The van der Waals surface area contributed by atoms with Crippen LogP contribution in [0.1, 0.15) is 86.1 Å². The fraction of sp³-hybridized carbons (Fsp3) is 0.738. The van der Waals surface area contributed by atoms with Gasteiger partial charge in [0.1, 0.15) is 6.04 Å². The average molecular weight is 800 g/mol. The lowest BCUT2D eigenvalue weighted by molar-refractivity contribution is -0.384. The first kappa shape index (κ1) is 49.0. The molecule has 2 rings (SSSR count). The molecule has 1 saturated heterocycles. The van der Waals surface area contributed by atoms with Crippen LogP contribution in [0.25, 0.3) is 0 Å². The van der Waals surface area contributed by atoms with Crippen LogP contribution in [0.3, 0.4) is 0 Å². The SMILES string of the molecule is CC[C@H](C)[C@@H]([C@@H](CC(=O)N1CCC[C@H]1[C@H](OC)[C@@H](C)C(=O)N(C)[C@H](CC#N)Cc1cccc([N+](=O)[O-])c1)OC)N(C)C(=O)[C@@H](NC(=O)[C@H](C(C)C)N(C)C)C(C)C. The van der Waals surface area contributed by atoms with E-state index in [2.05, 4.69) is 11.4 Å². The molecule has 15 nitrogen and oxygen atoms in total. The van der Waals surface area contributed by atoms with Crippen molar-refractivity contribution >= 4 is 29.3 Å². The van der Waals surface area contributed by atoms with Gasteiger partial charge in [0.05, 0.1) is 60.1 Å². The van der Waals surface area contributed by atoms with Gasteiger partial charge in [0.25, 0.3) is 5.69 Å². The van der Waals surface area contributed by atoms with Crippen LogP contribution in [0.5, 0.6) is 0 Å². The van der Waals surface area contributed by atoms with Crippen molar-refractivity contribution in [1.82, 2.24) is 24.9 Å². The van der Waals surface area contributed by atoms with E-state index in [4.69, 9.17) is 9.47 Å². The standard InChI is InChI=1S/C42H69N7O8/c1-14-28(6)38(47(11)42(53)36(26(2)3)44-40(51)37(27(4)5)45(8)9)34(56-12)25-35(50)48-22-16-19-33(48)39(57-13)29(7)41(52)46(10)31(20-21-43)23-30-17-15-18-32(24-30)49(54)55/h15,17-18,24,26-29,31,33-34,36-39H,14,16,19-20,22-23,25H2,1-13H3,(H,44,51)/t28-,29+,31+,33-,34+,36-,37-,38-,39+/m0/s1. The molecule has 0 spiro atoms. The molecule has 0 aromatic heterocycles. The highest BCUT2D eigenvalue weighted by Crippen LogP contribution is 2.31. The van der Waals surface area contributed by atoms with E-state index < -0.39 is 53.3 Å². The number of likely N-dealkylation sites (N-methyl/N-ethyl adjacent to an activating group) is 3. The Kier molecular flexibility index (Phi) is 19.5. The molecule has 1 aromatic carbocycles. The van der Waals surface area contributed by atoms with Gasteiger partial charge in [-0.2, -0.15) is 5.26 Å². The fourth-order valence-electron chi connectivity index (χ4n) is 8.42. The van der Waals surface area contributed by atoms with Crippen LogP contribution >= 0.6 is 0 Å². The molecule has 1 N–H and O–H groups in total. The van der Waals surface area contributed by atoms with E-state index in [1.807, 2.05) is 60.5 Å². The molecule has 9 atom stereocenters. The zero-order valence-electron chi connectivity index (χ0n) is 36.6. The van der Waals surface area contributed by atoms with Crippen LogP contribution < -0.4 is 5.32 Å². The Morgan fingerprint density at radius 3 is 2.16 bits per heavy atom. The third kappa shape index (κ3) is 12.7. The molecular formula is C42H69N7O8. The van der Waals surface area contributed by atoms with Gasteiger partial charge in [-0.15, -0.1) is 0 Å². The summed E-state index contributed by atoms with van der Waals surface area (Å²) in [4.78, 5) is 73.7. The van der Waals surface area contributed by atoms with Crippen molar-refractivity contribution in [3.63, 3.8) is 0 Å². The number of hydrogen-bond acceptors (Lipinski definition) is 10. The number of non-ortho nitro benzene ring substituents is 1. The maximum atomic E-state index is 14.3. The number of nitro groups is 1. The molecule has 1 aromatic rings. The average Bonchev–Trinajstić information content (AvgIpc) is 3.65. The summed E-state index contributed by atoms with van der Waals surface area (Å²) < 4.78 is 12.0. The maximum absolute atomic E-state index is 14.3. The van der Waals surface area contributed by atoms with E-state index in [0.717, 1.165) is 0 Å². The molecule has 0 radical (unpaired) electrons. The predicted molar refractivity (Wildman–Crippen MR) is 219 cm³/mol. The summed E-state index contributed by atoms with van der Waals surface area (Å²) in [7, 11) is 10.1. The first-order chi connectivity index (χ1) is 26.8. The highest BCUT2D eigenvalue weighted by Gasteiger charge is 2.44. The molecule has 0 saturated carbocycles. The molecule has 1 fully saturated rings. The van der Waals surface area contributed by atoms with E-state index in [1.165, 1.54) is 24.1 Å². The zero-order chi connectivity index (χ0) is 43.3. The molecular weight excluding hydrogens is 731 g/mol. The van der Waals surface area contributed by atoms with Gasteiger partial charge in [-0.1, -0.05) is 67.0 Å². The number of likely N-dealkylation sites (tertiary alicyclic amines) is 1. The van der Waals surface area contributed by atoms with Crippen molar-refractivity contribution < 1.29 is 33.6 Å². The molecule has 320 valence electrons. The Balaban J connectivity index is 2.32. The number of hydrogen-bond donors (Lipinski definition) is 1.